The van der Waals surface area contributed by atoms with Crippen molar-refractivity contribution in [2.24, 2.45) is 0 Å². The summed E-state index contributed by atoms with van der Waals surface area (Å²) in [6, 6.07) is 124. The molecule has 12 aromatic rings. The third kappa shape index (κ3) is 26.8. The third-order valence-corrected chi connectivity index (χ3v) is 20.3. The SMILES string of the molecule is C1CCOC1.CCOC(=O)CC(c1ccccc1)c1ccccc1.O=C(CC(c1ccccc1)c1ccccc1)N1CCN(C(c2ccccc2)c2ccccc2)CC1.O=C(O)CC(c1ccccc1)c1ccccc1.O=C(O)CC(c1ccccc1)c1ccccc1.c1ccc(C(c2ccccc2)N2CCNCC2)cc1. The molecule has 1 amide bonds. The number of amides is 1. The highest BCUT2D eigenvalue weighted by Crippen LogP contribution is 2.35. The number of esters is 1. The minimum Gasteiger partial charge on any atom is -0.481 e. The largest absolute Gasteiger partial charge is 0.481 e. The van der Waals surface area contributed by atoms with Gasteiger partial charge in [-0.15, -0.1) is 0 Å². The summed E-state index contributed by atoms with van der Waals surface area (Å²) in [6.07, 6.45) is 3.67. The van der Waals surface area contributed by atoms with Crippen molar-refractivity contribution in [1.82, 2.24) is 20.0 Å². The first-order valence-electron chi connectivity index (χ1n) is 39.3. The van der Waals surface area contributed by atoms with Gasteiger partial charge in [0.05, 0.1) is 38.0 Å². The van der Waals surface area contributed by atoms with Gasteiger partial charge >= 0.3 is 17.9 Å². The Morgan fingerprint density at radius 3 is 0.759 bits per heavy atom. The summed E-state index contributed by atoms with van der Waals surface area (Å²) in [6.45, 7) is 11.9. The summed E-state index contributed by atoms with van der Waals surface area (Å²) < 4.78 is 10.0. The monoisotopic (exact) mass is 1490 g/mol. The van der Waals surface area contributed by atoms with E-state index in [-0.39, 0.29) is 54.4 Å². The second kappa shape index (κ2) is 46.8. The van der Waals surface area contributed by atoms with E-state index in [1.165, 1.54) is 46.2 Å². The molecule has 0 aliphatic carbocycles. The lowest BCUT2D eigenvalue weighted by molar-refractivity contribution is -0.143. The maximum Gasteiger partial charge on any atom is 0.306 e. The van der Waals surface area contributed by atoms with E-state index in [2.05, 4.69) is 214 Å². The highest BCUT2D eigenvalue weighted by Gasteiger charge is 2.31. The summed E-state index contributed by atoms with van der Waals surface area (Å²) in [5.74, 6) is -1.49. The molecule has 3 N–H and O–H groups in total. The van der Waals surface area contributed by atoms with E-state index in [0.29, 0.717) is 25.5 Å². The van der Waals surface area contributed by atoms with Crippen molar-refractivity contribution in [2.75, 3.05) is 72.2 Å². The Hall–Kier alpha value is -11.6. The quantitative estimate of drug-likeness (QED) is 0.0526. The van der Waals surface area contributed by atoms with Crippen LogP contribution < -0.4 is 5.32 Å². The van der Waals surface area contributed by atoms with E-state index in [0.717, 1.165) is 99.0 Å². The molecule has 3 fully saturated rings. The molecule has 12 heteroatoms. The van der Waals surface area contributed by atoms with Gasteiger partial charge in [-0.3, -0.25) is 29.0 Å². The molecule has 3 aliphatic heterocycles. The lowest BCUT2D eigenvalue weighted by atomic mass is 9.88. The zero-order valence-corrected chi connectivity index (χ0v) is 64.3. The van der Waals surface area contributed by atoms with Crippen LogP contribution in [-0.2, 0) is 28.7 Å². The van der Waals surface area contributed by atoms with Crippen LogP contribution in [-0.4, -0.2) is 121 Å². The van der Waals surface area contributed by atoms with E-state index >= 15 is 0 Å². The molecule has 12 nitrogen and oxygen atoms in total. The molecule has 0 spiro atoms. The number of nitrogens with zero attached hydrogens (tertiary/aromatic N) is 3. The third-order valence-electron chi connectivity index (χ3n) is 20.3. The van der Waals surface area contributed by atoms with Gasteiger partial charge in [0.15, 0.2) is 0 Å². The van der Waals surface area contributed by atoms with Crippen LogP contribution in [0.4, 0.5) is 0 Å². The molecule has 112 heavy (non-hydrogen) atoms. The molecule has 0 saturated carbocycles. The van der Waals surface area contributed by atoms with Gasteiger partial charge in [-0.05, 0) is 86.5 Å². The van der Waals surface area contributed by atoms with Gasteiger partial charge in [0.2, 0.25) is 5.91 Å². The molecule has 3 heterocycles. The first-order valence-corrected chi connectivity index (χ1v) is 39.3. The van der Waals surface area contributed by atoms with E-state index in [1.807, 2.05) is 177 Å². The van der Waals surface area contributed by atoms with Gasteiger partial charge in [-0.1, -0.05) is 364 Å². The zero-order valence-electron chi connectivity index (χ0n) is 64.3. The maximum absolute atomic E-state index is 13.5. The van der Waals surface area contributed by atoms with Gasteiger partial charge in [-0.25, -0.2) is 0 Å². The number of carboxylic acids is 2. The predicted octanol–water partition coefficient (Wildman–Crippen LogP) is 20.0. The number of hydrogen-bond acceptors (Lipinski definition) is 9. The van der Waals surface area contributed by atoms with Gasteiger partial charge in [0.25, 0.3) is 0 Å². The van der Waals surface area contributed by atoms with E-state index in [1.54, 1.807) is 0 Å². The number of carbonyl (C=O) groups is 4. The minimum atomic E-state index is -0.775. The molecular formula is C100H106N4O8. The fourth-order valence-corrected chi connectivity index (χ4v) is 14.7. The second-order valence-corrected chi connectivity index (χ2v) is 27.9. The van der Waals surface area contributed by atoms with Crippen LogP contribution in [0.15, 0.2) is 364 Å². The normalized spacial score (nSPS) is 13.3. The predicted molar refractivity (Wildman–Crippen MR) is 451 cm³/mol. The molecule has 574 valence electrons. The summed E-state index contributed by atoms with van der Waals surface area (Å²) >= 11 is 0. The number of carboxylic acid groups (broad SMARTS) is 2. The average Bonchev–Trinajstić information content (AvgIpc) is 0.851. The smallest absolute Gasteiger partial charge is 0.306 e. The highest BCUT2D eigenvalue weighted by atomic mass is 16.5. The van der Waals surface area contributed by atoms with Crippen molar-refractivity contribution in [3.8, 4) is 0 Å². The summed E-state index contributed by atoms with van der Waals surface area (Å²) in [4.78, 5) is 54.3. The number of carbonyl (C=O) groups excluding carboxylic acids is 2. The number of aliphatic carboxylic acids is 2. The Morgan fingerprint density at radius 2 is 0.536 bits per heavy atom. The van der Waals surface area contributed by atoms with Crippen molar-refractivity contribution >= 4 is 23.8 Å². The van der Waals surface area contributed by atoms with Crippen LogP contribution in [0.2, 0.25) is 0 Å². The van der Waals surface area contributed by atoms with Crippen molar-refractivity contribution in [3.05, 3.63) is 431 Å². The Bertz CT molecular complexity index is 4210. The van der Waals surface area contributed by atoms with Crippen LogP contribution >= 0.6 is 0 Å². The lowest BCUT2D eigenvalue weighted by Gasteiger charge is -2.40. The van der Waals surface area contributed by atoms with E-state index in [9.17, 15) is 19.2 Å². The number of benzene rings is 12. The molecular weight excluding hydrogens is 1390 g/mol. The van der Waals surface area contributed by atoms with Crippen molar-refractivity contribution in [3.63, 3.8) is 0 Å². The van der Waals surface area contributed by atoms with E-state index in [4.69, 9.17) is 19.7 Å². The molecule has 0 bridgehead atoms. The topological polar surface area (TPSA) is 149 Å². The van der Waals surface area contributed by atoms with Crippen molar-refractivity contribution in [2.45, 2.75) is 81.2 Å². The minimum absolute atomic E-state index is 0.0569. The lowest BCUT2D eigenvalue weighted by Crippen LogP contribution is -2.50. The van der Waals surface area contributed by atoms with Crippen LogP contribution in [0.5, 0.6) is 0 Å². The summed E-state index contributed by atoms with van der Waals surface area (Å²) in [7, 11) is 0. The molecule has 3 saturated heterocycles. The first-order chi connectivity index (χ1) is 55.1. The molecule has 0 atom stereocenters. The molecule has 15 rings (SSSR count). The van der Waals surface area contributed by atoms with Gasteiger partial charge in [0.1, 0.15) is 0 Å². The van der Waals surface area contributed by atoms with Crippen LogP contribution in [0.25, 0.3) is 0 Å². The van der Waals surface area contributed by atoms with Gasteiger partial charge in [-0.2, -0.15) is 0 Å². The fourth-order valence-electron chi connectivity index (χ4n) is 14.7. The Kier molecular flexibility index (Phi) is 34.6. The molecule has 0 aromatic heterocycles. The maximum atomic E-state index is 13.5. The summed E-state index contributed by atoms with van der Waals surface area (Å²) in [5, 5.41) is 21.4. The number of hydrogen-bond donors (Lipinski definition) is 3. The first kappa shape index (κ1) is 82.8. The van der Waals surface area contributed by atoms with Crippen LogP contribution in [0, 0.1) is 0 Å². The molecule has 0 unspecified atom stereocenters. The fraction of sp³-hybridized carbons (Fsp3) is 0.240. The molecule has 3 aliphatic rings. The standard InChI is InChI=1S/C32H32N2O.C17H20N2.C17H18O2.2C15H14O2.C4H8O/c35-31(25-30(26-13-5-1-6-14-26)27-15-7-2-8-16-27)33-21-23-34(24-22-33)32(28-17-9-3-10-18-28)29-19-11-4-12-20-29;1-3-7-15(8-4-1)17(16-9-5-2-6-10-16)19-13-11-18-12-14-19;1-2-19-17(18)13-16(14-9-5-3-6-10-14)15-11-7-4-8-12-15;2*16-15(17)11-14(12-7-3-1-4-8-12)13-9-5-2-6-10-13;1-2-4-5-3-1/h1-20,30,32H,21-25H2;1-10,17-18H,11-14H2;3-12,16H,2,13H2,1H3;2*1-10,14H,11H2,(H,16,17);1-4H2. The zero-order chi connectivity index (χ0) is 78.0. The molecule has 12 aromatic carbocycles. The van der Waals surface area contributed by atoms with Crippen LogP contribution in [0.3, 0.4) is 0 Å². The van der Waals surface area contributed by atoms with Gasteiger partial charge in [0, 0.05) is 95.7 Å². The van der Waals surface area contributed by atoms with Crippen molar-refractivity contribution < 1.29 is 38.9 Å². The van der Waals surface area contributed by atoms with Gasteiger partial charge < -0.3 is 29.9 Å². The highest BCUT2D eigenvalue weighted by molar-refractivity contribution is 5.78. The van der Waals surface area contributed by atoms with Crippen molar-refractivity contribution in [1.29, 1.82) is 0 Å². The summed E-state index contributed by atoms with van der Waals surface area (Å²) in [5.41, 5.74) is 14.2. The second-order valence-electron chi connectivity index (χ2n) is 27.9. The van der Waals surface area contributed by atoms with E-state index < -0.39 is 11.9 Å². The average molecular weight is 1490 g/mol. The Balaban J connectivity index is 0.000000151. The number of nitrogens with one attached hydrogen (secondary N) is 1. The number of ether oxygens (including phenoxy) is 2. The molecule has 0 radical (unpaired) electrons. The number of piperazine rings is 2. The number of rotatable bonds is 23. The Labute approximate surface area is 663 Å². The van der Waals surface area contributed by atoms with Crippen LogP contribution in [0.1, 0.15) is 148 Å². The Morgan fingerprint density at radius 1 is 0.312 bits per heavy atom.